The number of unbranched alkanes of at least 4 members (excludes halogenated alkanes) is 2. The smallest absolute Gasteiger partial charge is 0.159 e. The monoisotopic (exact) mass is 442 g/mol. The largest absolute Gasteiger partial charge is 0.295 e. The second-order valence-corrected chi connectivity index (χ2v) is 11.5. The number of hydrogen-bond acceptors (Lipinski definition) is 1. The Kier molecular flexibility index (Phi) is 10.7. The van der Waals surface area contributed by atoms with Gasteiger partial charge in [-0.25, -0.2) is 0 Å². The summed E-state index contributed by atoms with van der Waals surface area (Å²) in [5, 5.41) is 0. The molecule has 0 amide bonds. The number of hydrogen-bond donors (Lipinski definition) is 0. The minimum atomic E-state index is -0.0698. The quantitative estimate of drug-likeness (QED) is 0.174. The second-order valence-electron chi connectivity index (χ2n) is 8.80. The lowest BCUT2D eigenvalue weighted by Gasteiger charge is -2.28. The van der Waals surface area contributed by atoms with Crippen LogP contribution >= 0.6 is 17.2 Å². The first-order valence-electron chi connectivity index (χ1n) is 11.5. The first-order chi connectivity index (χ1) is 14.4. The van der Waals surface area contributed by atoms with E-state index in [0.717, 1.165) is 22.7 Å². The van der Waals surface area contributed by atoms with Crippen LogP contribution in [0.2, 0.25) is 0 Å². The summed E-state index contributed by atoms with van der Waals surface area (Å²) in [5.74, 6) is 0.128. The molecule has 2 aromatic rings. The Morgan fingerprint density at radius 1 is 0.800 bits per heavy atom. The standard InChI is InChI=1S/C27H40OP2/c1-6-8-16-29-19-23-12-15-26(18-24(23)20-30-17-9-7-2)27(4,5)25-13-10-22(11-14-25)21(3)28/h10-15,18,29-30H,6-9,16-17,19-20H2,1-5H3. The molecule has 0 bridgehead atoms. The highest BCUT2D eigenvalue weighted by molar-refractivity contribution is 7.37. The molecule has 0 aliphatic rings. The molecule has 2 aromatic carbocycles. The van der Waals surface area contributed by atoms with Gasteiger partial charge in [-0.05, 0) is 66.7 Å². The fourth-order valence-electron chi connectivity index (χ4n) is 3.69. The molecular formula is C27H40OP2. The van der Waals surface area contributed by atoms with Gasteiger partial charge in [0.1, 0.15) is 0 Å². The molecule has 0 spiro atoms. The van der Waals surface area contributed by atoms with Crippen molar-refractivity contribution in [3.05, 3.63) is 70.3 Å². The molecule has 30 heavy (non-hydrogen) atoms. The highest BCUT2D eigenvalue weighted by atomic mass is 31.1. The third-order valence-corrected chi connectivity index (χ3v) is 8.66. The van der Waals surface area contributed by atoms with Crippen LogP contribution in [-0.2, 0) is 17.7 Å². The number of benzene rings is 2. The van der Waals surface area contributed by atoms with E-state index in [1.165, 1.54) is 61.5 Å². The minimum Gasteiger partial charge on any atom is -0.295 e. The SMILES string of the molecule is CCCCPCc1ccc(C(C)(C)c2ccc(C(C)=O)cc2)cc1CPCCCC. The van der Waals surface area contributed by atoms with Crippen LogP contribution in [0.5, 0.6) is 0 Å². The third kappa shape index (κ3) is 7.28. The summed E-state index contributed by atoms with van der Waals surface area (Å²) in [7, 11) is 2.07. The summed E-state index contributed by atoms with van der Waals surface area (Å²) in [4.78, 5) is 11.6. The predicted molar refractivity (Wildman–Crippen MR) is 139 cm³/mol. The average Bonchev–Trinajstić information content (AvgIpc) is 2.75. The van der Waals surface area contributed by atoms with Crippen LogP contribution in [0.25, 0.3) is 0 Å². The molecule has 3 heteroatoms. The van der Waals surface area contributed by atoms with Crippen LogP contribution in [0.15, 0.2) is 42.5 Å². The molecule has 0 radical (unpaired) electrons. The van der Waals surface area contributed by atoms with Gasteiger partial charge in [-0.2, -0.15) is 0 Å². The van der Waals surface area contributed by atoms with Crippen LogP contribution in [0, 0.1) is 0 Å². The number of Topliss-reactive ketones (excluding diaryl/α,β-unsaturated/α-hetero) is 1. The van der Waals surface area contributed by atoms with E-state index >= 15 is 0 Å². The maximum atomic E-state index is 11.6. The molecule has 0 aliphatic carbocycles. The molecule has 0 saturated heterocycles. The van der Waals surface area contributed by atoms with Crippen molar-refractivity contribution in [2.45, 2.75) is 78.0 Å². The minimum absolute atomic E-state index is 0.0698. The van der Waals surface area contributed by atoms with E-state index in [9.17, 15) is 4.79 Å². The van der Waals surface area contributed by atoms with Crippen LogP contribution in [0.4, 0.5) is 0 Å². The van der Waals surface area contributed by atoms with Gasteiger partial charge in [0.15, 0.2) is 5.78 Å². The van der Waals surface area contributed by atoms with E-state index in [1.54, 1.807) is 18.1 Å². The van der Waals surface area contributed by atoms with E-state index in [0.29, 0.717) is 0 Å². The molecule has 0 heterocycles. The second kappa shape index (κ2) is 12.7. The summed E-state index contributed by atoms with van der Waals surface area (Å²) in [6, 6.07) is 15.4. The van der Waals surface area contributed by atoms with Crippen molar-refractivity contribution in [3.8, 4) is 0 Å². The van der Waals surface area contributed by atoms with Crippen LogP contribution in [0.3, 0.4) is 0 Å². The third-order valence-electron chi connectivity index (χ3n) is 5.99. The summed E-state index contributed by atoms with van der Waals surface area (Å²) in [6.07, 6.45) is 10.5. The van der Waals surface area contributed by atoms with E-state index in [-0.39, 0.29) is 11.2 Å². The highest BCUT2D eigenvalue weighted by Gasteiger charge is 2.24. The normalized spacial score (nSPS) is 12.4. The van der Waals surface area contributed by atoms with Crippen LogP contribution in [0.1, 0.15) is 92.9 Å². The number of carbonyl (C=O) groups excluding carboxylic acids is 1. The lowest BCUT2D eigenvalue weighted by atomic mass is 9.77. The first kappa shape index (κ1) is 25.2. The van der Waals surface area contributed by atoms with E-state index in [1.807, 2.05) is 12.1 Å². The molecule has 2 atom stereocenters. The lowest BCUT2D eigenvalue weighted by Crippen LogP contribution is -2.19. The summed E-state index contributed by atoms with van der Waals surface area (Å²) < 4.78 is 0. The molecule has 0 aliphatic heterocycles. The van der Waals surface area contributed by atoms with Crippen molar-refractivity contribution in [2.24, 2.45) is 0 Å². The highest BCUT2D eigenvalue weighted by Crippen LogP contribution is 2.35. The Balaban J connectivity index is 2.25. The Morgan fingerprint density at radius 2 is 1.33 bits per heavy atom. The molecule has 2 rings (SSSR count). The van der Waals surface area contributed by atoms with E-state index < -0.39 is 0 Å². The number of carbonyl (C=O) groups is 1. The fourth-order valence-corrected chi connectivity index (χ4v) is 6.46. The van der Waals surface area contributed by atoms with Crippen molar-refractivity contribution in [1.29, 1.82) is 0 Å². The van der Waals surface area contributed by atoms with E-state index in [4.69, 9.17) is 0 Å². The summed E-state index contributed by atoms with van der Waals surface area (Å²) in [6.45, 7) is 10.8. The van der Waals surface area contributed by atoms with Crippen molar-refractivity contribution >= 4 is 22.9 Å². The lowest BCUT2D eigenvalue weighted by molar-refractivity contribution is 0.101. The van der Waals surface area contributed by atoms with Crippen molar-refractivity contribution < 1.29 is 4.79 Å². The fraction of sp³-hybridized carbons (Fsp3) is 0.519. The van der Waals surface area contributed by atoms with Crippen molar-refractivity contribution in [1.82, 2.24) is 0 Å². The van der Waals surface area contributed by atoms with Gasteiger partial charge in [-0.15, -0.1) is 17.2 Å². The summed E-state index contributed by atoms with van der Waals surface area (Å²) >= 11 is 0. The molecule has 0 aromatic heterocycles. The zero-order chi connectivity index (χ0) is 22.0. The van der Waals surface area contributed by atoms with E-state index in [2.05, 4.69) is 58.0 Å². The van der Waals surface area contributed by atoms with Crippen molar-refractivity contribution in [2.75, 3.05) is 12.3 Å². The molecular weight excluding hydrogens is 402 g/mol. The van der Waals surface area contributed by atoms with Gasteiger partial charge in [-0.1, -0.05) is 83.0 Å². The van der Waals surface area contributed by atoms with Crippen molar-refractivity contribution in [3.63, 3.8) is 0 Å². The summed E-state index contributed by atoms with van der Waals surface area (Å²) in [5.41, 5.74) is 6.51. The number of ketones is 1. The van der Waals surface area contributed by atoms with Gasteiger partial charge in [0.05, 0.1) is 0 Å². The Labute approximate surface area is 188 Å². The zero-order valence-electron chi connectivity index (χ0n) is 19.6. The first-order valence-corrected chi connectivity index (χ1v) is 14.4. The topological polar surface area (TPSA) is 17.1 Å². The van der Waals surface area contributed by atoms with Gasteiger partial charge in [0.2, 0.25) is 0 Å². The molecule has 0 fully saturated rings. The Hall–Kier alpha value is -1.03. The molecule has 164 valence electrons. The zero-order valence-corrected chi connectivity index (χ0v) is 21.6. The van der Waals surface area contributed by atoms with Gasteiger partial charge in [-0.3, -0.25) is 4.79 Å². The van der Waals surface area contributed by atoms with Gasteiger partial charge < -0.3 is 0 Å². The average molecular weight is 443 g/mol. The maximum absolute atomic E-state index is 11.6. The molecule has 0 saturated carbocycles. The van der Waals surface area contributed by atoms with Crippen LogP contribution < -0.4 is 0 Å². The number of rotatable bonds is 13. The van der Waals surface area contributed by atoms with Crippen LogP contribution in [-0.4, -0.2) is 18.1 Å². The predicted octanol–water partition coefficient (Wildman–Crippen LogP) is 8.17. The molecule has 0 N–H and O–H groups in total. The molecule has 1 nitrogen and oxygen atoms in total. The maximum Gasteiger partial charge on any atom is 0.159 e. The molecule has 2 unspecified atom stereocenters. The Bertz CT molecular complexity index is 793. The van der Waals surface area contributed by atoms with Gasteiger partial charge in [0.25, 0.3) is 0 Å². The Morgan fingerprint density at radius 3 is 1.87 bits per heavy atom. The van der Waals surface area contributed by atoms with Gasteiger partial charge >= 0.3 is 0 Å². The van der Waals surface area contributed by atoms with Gasteiger partial charge in [0, 0.05) is 11.0 Å².